The van der Waals surface area contributed by atoms with E-state index in [9.17, 15) is 5.11 Å². The highest BCUT2D eigenvalue weighted by molar-refractivity contribution is 5.48. The standard InChI is InChI=1S/C12H17NO3/c1-2-3-9-6-10(13)4-5-12(9)16-8-11(15)7-14/h2,4-6,11,14-15H,1,3,7-8,13H2. The van der Waals surface area contributed by atoms with Crippen molar-refractivity contribution in [2.24, 2.45) is 0 Å². The van der Waals surface area contributed by atoms with Crippen LogP contribution in [0.5, 0.6) is 5.75 Å². The highest BCUT2D eigenvalue weighted by Gasteiger charge is 2.06. The van der Waals surface area contributed by atoms with Crippen molar-refractivity contribution in [2.75, 3.05) is 18.9 Å². The fraction of sp³-hybridized carbons (Fsp3) is 0.333. The van der Waals surface area contributed by atoms with Gasteiger partial charge in [-0.2, -0.15) is 0 Å². The summed E-state index contributed by atoms with van der Waals surface area (Å²) >= 11 is 0. The monoisotopic (exact) mass is 223 g/mol. The van der Waals surface area contributed by atoms with Gasteiger partial charge in [0.15, 0.2) is 0 Å². The molecule has 4 N–H and O–H groups in total. The van der Waals surface area contributed by atoms with Crippen LogP contribution in [-0.2, 0) is 6.42 Å². The van der Waals surface area contributed by atoms with Crippen LogP contribution in [-0.4, -0.2) is 29.5 Å². The Kier molecular flexibility index (Phi) is 4.82. The molecule has 0 saturated carbocycles. The molecule has 0 fully saturated rings. The lowest BCUT2D eigenvalue weighted by Gasteiger charge is -2.13. The predicted octanol–water partition coefficient (Wildman–Crippen LogP) is 0.729. The minimum Gasteiger partial charge on any atom is -0.491 e. The number of nitrogens with two attached hydrogens (primary N) is 1. The van der Waals surface area contributed by atoms with Gasteiger partial charge in [-0.15, -0.1) is 6.58 Å². The van der Waals surface area contributed by atoms with Crippen molar-refractivity contribution in [2.45, 2.75) is 12.5 Å². The first kappa shape index (κ1) is 12.5. The average molecular weight is 223 g/mol. The van der Waals surface area contributed by atoms with Gasteiger partial charge in [-0.3, -0.25) is 0 Å². The Hall–Kier alpha value is -1.52. The number of ether oxygens (including phenoxy) is 1. The van der Waals surface area contributed by atoms with E-state index in [1.807, 2.05) is 6.07 Å². The molecule has 0 saturated heterocycles. The Morgan fingerprint density at radius 1 is 1.50 bits per heavy atom. The number of aliphatic hydroxyl groups is 2. The topological polar surface area (TPSA) is 75.7 Å². The molecule has 0 aliphatic rings. The van der Waals surface area contributed by atoms with Crippen molar-refractivity contribution in [3.05, 3.63) is 36.4 Å². The lowest BCUT2D eigenvalue weighted by molar-refractivity contribution is 0.0533. The van der Waals surface area contributed by atoms with E-state index in [-0.39, 0.29) is 13.2 Å². The molecule has 0 amide bonds. The van der Waals surface area contributed by atoms with Crippen LogP contribution in [0.4, 0.5) is 5.69 Å². The Bertz CT molecular complexity index is 352. The van der Waals surface area contributed by atoms with Crippen LogP contribution >= 0.6 is 0 Å². The molecular formula is C12H17NO3. The zero-order valence-electron chi connectivity index (χ0n) is 9.10. The van der Waals surface area contributed by atoms with E-state index < -0.39 is 6.10 Å². The minimum atomic E-state index is -0.867. The van der Waals surface area contributed by atoms with Gasteiger partial charge in [0.1, 0.15) is 18.5 Å². The second-order valence-electron chi connectivity index (χ2n) is 3.51. The molecule has 1 aromatic carbocycles. The van der Waals surface area contributed by atoms with Crippen LogP contribution in [0.15, 0.2) is 30.9 Å². The number of hydrogen-bond donors (Lipinski definition) is 3. The molecule has 0 aliphatic carbocycles. The number of nitrogen functional groups attached to an aromatic ring is 1. The summed E-state index contributed by atoms with van der Waals surface area (Å²) in [5.74, 6) is 0.654. The van der Waals surface area contributed by atoms with Crippen LogP contribution in [0.2, 0.25) is 0 Å². The lowest BCUT2D eigenvalue weighted by Crippen LogP contribution is -2.21. The second kappa shape index (κ2) is 6.15. The van der Waals surface area contributed by atoms with Crippen LogP contribution in [0.25, 0.3) is 0 Å². The number of allylic oxidation sites excluding steroid dienone is 1. The number of rotatable bonds is 6. The molecule has 88 valence electrons. The summed E-state index contributed by atoms with van der Waals surface area (Å²) < 4.78 is 5.38. The van der Waals surface area contributed by atoms with Crippen LogP contribution in [0.1, 0.15) is 5.56 Å². The van der Waals surface area contributed by atoms with E-state index in [1.165, 1.54) is 0 Å². The van der Waals surface area contributed by atoms with Gasteiger partial charge in [0.05, 0.1) is 6.61 Å². The van der Waals surface area contributed by atoms with Crippen molar-refractivity contribution in [1.82, 2.24) is 0 Å². The van der Waals surface area contributed by atoms with Gasteiger partial charge in [0, 0.05) is 5.69 Å². The first-order chi connectivity index (χ1) is 7.67. The summed E-state index contributed by atoms with van der Waals surface area (Å²) in [7, 11) is 0. The maximum atomic E-state index is 9.17. The van der Waals surface area contributed by atoms with Gasteiger partial charge < -0.3 is 20.7 Å². The summed E-state index contributed by atoms with van der Waals surface area (Å²) in [4.78, 5) is 0. The number of aliphatic hydroxyl groups excluding tert-OH is 2. The first-order valence-corrected chi connectivity index (χ1v) is 5.08. The molecule has 0 aliphatic heterocycles. The Morgan fingerprint density at radius 2 is 2.25 bits per heavy atom. The number of benzene rings is 1. The molecule has 4 nitrogen and oxygen atoms in total. The van der Waals surface area contributed by atoms with E-state index in [2.05, 4.69) is 6.58 Å². The van der Waals surface area contributed by atoms with Crippen molar-refractivity contribution in [3.63, 3.8) is 0 Å². The summed E-state index contributed by atoms with van der Waals surface area (Å²) in [6, 6.07) is 5.29. The normalized spacial score (nSPS) is 12.1. The third-order valence-corrected chi connectivity index (χ3v) is 2.09. The molecule has 0 aromatic heterocycles. The maximum Gasteiger partial charge on any atom is 0.123 e. The summed E-state index contributed by atoms with van der Waals surface area (Å²) in [5, 5.41) is 17.8. The molecule has 1 rings (SSSR count). The van der Waals surface area contributed by atoms with E-state index in [4.69, 9.17) is 15.6 Å². The van der Waals surface area contributed by atoms with Crippen molar-refractivity contribution >= 4 is 5.69 Å². The Labute approximate surface area is 95.0 Å². The summed E-state index contributed by atoms with van der Waals surface area (Å²) in [5.41, 5.74) is 7.24. The summed E-state index contributed by atoms with van der Waals surface area (Å²) in [6.45, 7) is 3.40. The van der Waals surface area contributed by atoms with Crippen molar-refractivity contribution in [3.8, 4) is 5.75 Å². The van der Waals surface area contributed by atoms with E-state index in [0.29, 0.717) is 17.9 Å². The molecular weight excluding hydrogens is 206 g/mol. The smallest absolute Gasteiger partial charge is 0.123 e. The van der Waals surface area contributed by atoms with Gasteiger partial charge in [-0.05, 0) is 30.2 Å². The fourth-order valence-electron chi connectivity index (χ4n) is 1.29. The Morgan fingerprint density at radius 3 is 2.88 bits per heavy atom. The Balaban J connectivity index is 2.73. The molecule has 1 aromatic rings. The van der Waals surface area contributed by atoms with Crippen LogP contribution in [0, 0.1) is 0 Å². The zero-order chi connectivity index (χ0) is 12.0. The van der Waals surface area contributed by atoms with Gasteiger partial charge in [-0.1, -0.05) is 6.08 Å². The third-order valence-electron chi connectivity index (χ3n) is 2.09. The number of anilines is 1. The first-order valence-electron chi connectivity index (χ1n) is 5.08. The maximum absolute atomic E-state index is 9.17. The van der Waals surface area contributed by atoms with E-state index in [1.54, 1.807) is 18.2 Å². The van der Waals surface area contributed by atoms with E-state index in [0.717, 1.165) is 5.56 Å². The van der Waals surface area contributed by atoms with Gasteiger partial charge in [-0.25, -0.2) is 0 Å². The van der Waals surface area contributed by atoms with E-state index >= 15 is 0 Å². The third kappa shape index (κ3) is 3.56. The van der Waals surface area contributed by atoms with Crippen LogP contribution in [0.3, 0.4) is 0 Å². The fourth-order valence-corrected chi connectivity index (χ4v) is 1.29. The molecule has 0 bridgehead atoms. The average Bonchev–Trinajstić information content (AvgIpc) is 2.28. The zero-order valence-corrected chi connectivity index (χ0v) is 9.10. The minimum absolute atomic E-state index is 0.0601. The number of hydrogen-bond acceptors (Lipinski definition) is 4. The molecule has 0 heterocycles. The molecule has 1 atom stereocenters. The van der Waals surface area contributed by atoms with Gasteiger partial charge in [0.25, 0.3) is 0 Å². The van der Waals surface area contributed by atoms with Gasteiger partial charge >= 0.3 is 0 Å². The molecule has 1 unspecified atom stereocenters. The highest BCUT2D eigenvalue weighted by atomic mass is 16.5. The largest absolute Gasteiger partial charge is 0.491 e. The van der Waals surface area contributed by atoms with Crippen molar-refractivity contribution < 1.29 is 14.9 Å². The molecule has 4 heteroatoms. The molecule has 0 spiro atoms. The van der Waals surface area contributed by atoms with Crippen LogP contribution < -0.4 is 10.5 Å². The van der Waals surface area contributed by atoms with Gasteiger partial charge in [0.2, 0.25) is 0 Å². The van der Waals surface area contributed by atoms with Crippen molar-refractivity contribution in [1.29, 1.82) is 0 Å². The highest BCUT2D eigenvalue weighted by Crippen LogP contribution is 2.22. The molecule has 0 radical (unpaired) electrons. The predicted molar refractivity (Wildman–Crippen MR) is 63.3 cm³/mol. The molecule has 16 heavy (non-hydrogen) atoms. The summed E-state index contributed by atoms with van der Waals surface area (Å²) in [6.07, 6.45) is 1.54. The second-order valence-corrected chi connectivity index (χ2v) is 3.51. The quantitative estimate of drug-likeness (QED) is 0.491. The lowest BCUT2D eigenvalue weighted by atomic mass is 10.1. The SMILES string of the molecule is C=CCc1cc(N)ccc1OCC(O)CO.